The minimum atomic E-state index is -0.635. The second kappa shape index (κ2) is 12.4. The molecule has 4 aromatic rings. The zero-order valence-corrected chi connectivity index (χ0v) is 22.4. The molecule has 39 heavy (non-hydrogen) atoms. The van der Waals surface area contributed by atoms with Crippen LogP contribution in [0.2, 0.25) is 0 Å². The van der Waals surface area contributed by atoms with E-state index >= 15 is 0 Å². The molecule has 4 rings (SSSR count). The molecule has 200 valence electrons. The molecule has 0 fully saturated rings. The van der Waals surface area contributed by atoms with Crippen LogP contribution in [0.4, 0.5) is 15.8 Å². The third-order valence-electron chi connectivity index (χ3n) is 5.65. The molecule has 0 unspecified atom stereocenters. The van der Waals surface area contributed by atoms with E-state index in [4.69, 9.17) is 4.74 Å². The van der Waals surface area contributed by atoms with Gasteiger partial charge in [0.15, 0.2) is 6.61 Å². The summed E-state index contributed by atoms with van der Waals surface area (Å²) in [6, 6.07) is 14.6. The lowest BCUT2D eigenvalue weighted by Gasteiger charge is -2.11. The van der Waals surface area contributed by atoms with Gasteiger partial charge in [0.1, 0.15) is 17.4 Å². The number of anilines is 1. The van der Waals surface area contributed by atoms with E-state index in [1.807, 2.05) is 6.92 Å². The van der Waals surface area contributed by atoms with Crippen LogP contribution in [-0.2, 0) is 11.2 Å². The molecular weight excluding hydrogens is 573 g/mol. The number of nitro groups is 1. The molecule has 0 spiro atoms. The molecule has 1 heterocycles. The summed E-state index contributed by atoms with van der Waals surface area (Å²) in [5.74, 6) is -0.698. The molecule has 10 nitrogen and oxygen atoms in total. The van der Waals surface area contributed by atoms with E-state index in [2.05, 4.69) is 31.3 Å². The first-order valence-electron chi connectivity index (χ1n) is 12.0. The Morgan fingerprint density at radius 3 is 2.77 bits per heavy atom. The number of halogens is 2. The Labute approximate surface area is 230 Å². The van der Waals surface area contributed by atoms with Gasteiger partial charge in [-0.05, 0) is 42.8 Å². The van der Waals surface area contributed by atoms with Crippen LogP contribution in [0.5, 0.6) is 5.75 Å². The summed E-state index contributed by atoms with van der Waals surface area (Å²) in [5.41, 5.74) is 0.0390. The summed E-state index contributed by atoms with van der Waals surface area (Å²) in [5, 5.41) is 18.5. The summed E-state index contributed by atoms with van der Waals surface area (Å²) in [6.07, 6.45) is 3.38. The van der Waals surface area contributed by atoms with Gasteiger partial charge in [0.2, 0.25) is 0 Å². The second-order valence-electron chi connectivity index (χ2n) is 8.45. The van der Waals surface area contributed by atoms with Crippen molar-refractivity contribution in [3.8, 4) is 5.75 Å². The molecule has 0 aliphatic heterocycles. The molecule has 0 radical (unpaired) electrons. The number of hydrogen-bond acceptors (Lipinski definition) is 7. The largest absolute Gasteiger partial charge is 0.483 e. The summed E-state index contributed by atoms with van der Waals surface area (Å²) < 4.78 is 21.3. The topological polar surface area (TPSA) is 129 Å². The van der Waals surface area contributed by atoms with Gasteiger partial charge in [-0.3, -0.25) is 19.7 Å². The number of fused-ring (bicyclic) bond motifs is 1. The number of nitrogens with one attached hydrogen (secondary N) is 1. The first-order chi connectivity index (χ1) is 18.8. The van der Waals surface area contributed by atoms with Crippen LogP contribution in [0.15, 0.2) is 75.0 Å². The van der Waals surface area contributed by atoms with Crippen molar-refractivity contribution in [2.24, 2.45) is 5.10 Å². The number of carbonyl (C=O) groups is 1. The summed E-state index contributed by atoms with van der Waals surface area (Å²) in [4.78, 5) is 41.1. The van der Waals surface area contributed by atoms with Crippen LogP contribution < -0.4 is 15.6 Å². The third kappa shape index (κ3) is 6.71. The highest BCUT2D eigenvalue weighted by Gasteiger charge is 2.15. The number of aromatic nitrogens is 2. The average molecular weight is 596 g/mol. The van der Waals surface area contributed by atoms with Crippen LogP contribution in [0, 0.1) is 15.9 Å². The van der Waals surface area contributed by atoms with Crippen LogP contribution in [0.3, 0.4) is 0 Å². The lowest BCUT2D eigenvalue weighted by Crippen LogP contribution is -2.23. The first kappa shape index (κ1) is 27.6. The van der Waals surface area contributed by atoms with Gasteiger partial charge in [0.05, 0.1) is 27.7 Å². The Bertz CT molecular complexity index is 1640. The van der Waals surface area contributed by atoms with E-state index < -0.39 is 28.8 Å². The fourth-order valence-electron chi connectivity index (χ4n) is 3.70. The highest BCUT2D eigenvalue weighted by Crippen LogP contribution is 2.24. The maximum Gasteiger partial charge on any atom is 0.282 e. The molecule has 0 aliphatic rings. The maximum atomic E-state index is 13.8. The summed E-state index contributed by atoms with van der Waals surface area (Å²) in [7, 11) is 0. The molecule has 0 atom stereocenters. The predicted molar refractivity (Wildman–Crippen MR) is 149 cm³/mol. The van der Waals surface area contributed by atoms with E-state index in [0.717, 1.165) is 17.5 Å². The number of ether oxygens (including phenoxy) is 1. The molecule has 12 heteroatoms. The van der Waals surface area contributed by atoms with Crippen molar-refractivity contribution in [1.29, 1.82) is 0 Å². The fraction of sp³-hybridized carbons (Fsp3) is 0.185. The minimum absolute atomic E-state index is 0.00832. The molecule has 0 saturated heterocycles. The zero-order chi connectivity index (χ0) is 27.9. The number of aryl methyl sites for hydroxylation is 1. The monoisotopic (exact) mass is 595 g/mol. The normalized spacial score (nSPS) is 11.2. The Morgan fingerprint density at radius 1 is 1.23 bits per heavy atom. The van der Waals surface area contributed by atoms with Crippen molar-refractivity contribution in [3.05, 3.63) is 103 Å². The van der Waals surface area contributed by atoms with Crippen molar-refractivity contribution in [3.63, 3.8) is 0 Å². The number of rotatable bonds is 10. The van der Waals surface area contributed by atoms with Crippen molar-refractivity contribution in [2.75, 3.05) is 11.9 Å². The molecular formula is C27H23BrFN5O5. The highest BCUT2D eigenvalue weighted by molar-refractivity contribution is 9.10. The second-order valence-corrected chi connectivity index (χ2v) is 9.37. The van der Waals surface area contributed by atoms with Crippen LogP contribution >= 0.6 is 15.9 Å². The number of unbranched alkanes of at least 4 members (excludes halogenated alkanes) is 1. The van der Waals surface area contributed by atoms with Gasteiger partial charge in [0, 0.05) is 28.6 Å². The molecule has 1 amide bonds. The minimum Gasteiger partial charge on any atom is -0.483 e. The Hall–Kier alpha value is -4.45. The van der Waals surface area contributed by atoms with Crippen molar-refractivity contribution in [1.82, 2.24) is 9.66 Å². The number of nitrogens with zero attached hydrogens (tertiary/aromatic N) is 4. The number of para-hydroxylation sites is 1. The lowest BCUT2D eigenvalue weighted by molar-refractivity contribution is -0.384. The Balaban J connectivity index is 1.67. The molecule has 0 aliphatic carbocycles. The Morgan fingerprint density at radius 2 is 2.03 bits per heavy atom. The lowest BCUT2D eigenvalue weighted by atomic mass is 10.2. The molecule has 1 N–H and O–H groups in total. The quantitative estimate of drug-likeness (QED) is 0.147. The summed E-state index contributed by atoms with van der Waals surface area (Å²) >= 11 is 3.36. The van der Waals surface area contributed by atoms with E-state index in [1.165, 1.54) is 42.6 Å². The average Bonchev–Trinajstić information content (AvgIpc) is 2.92. The van der Waals surface area contributed by atoms with Gasteiger partial charge in [-0.25, -0.2) is 9.37 Å². The molecule has 0 bridgehead atoms. The van der Waals surface area contributed by atoms with Gasteiger partial charge in [-0.15, -0.1) is 0 Å². The Kier molecular flexibility index (Phi) is 8.77. The number of benzene rings is 3. The number of non-ortho nitro benzene ring substituents is 1. The predicted octanol–water partition coefficient (Wildman–Crippen LogP) is 5.45. The van der Waals surface area contributed by atoms with Gasteiger partial charge in [-0.2, -0.15) is 9.78 Å². The SMILES string of the molecule is CCCCc1nc2ccc(Br)cc2c(=O)n1N=Cc1cc([N+](=O)[O-])ccc1OCC(=O)Nc1ccccc1F. The van der Waals surface area contributed by atoms with Gasteiger partial charge >= 0.3 is 0 Å². The van der Waals surface area contributed by atoms with E-state index in [1.54, 1.807) is 24.3 Å². The summed E-state index contributed by atoms with van der Waals surface area (Å²) in [6.45, 7) is 1.51. The number of carbonyl (C=O) groups excluding carboxylic acids is 1. The standard InChI is InChI=1S/C27H23BrFN5O5/c1-2-3-8-25-31-22-11-9-18(28)14-20(22)27(36)33(25)30-15-17-13-19(34(37)38)10-12-24(17)39-16-26(35)32-23-7-5-4-6-21(23)29/h4-7,9-15H,2-3,8,16H2,1H3,(H,32,35). The van der Waals surface area contributed by atoms with Gasteiger partial charge < -0.3 is 10.1 Å². The number of hydrogen-bond donors (Lipinski definition) is 1. The maximum absolute atomic E-state index is 13.8. The van der Waals surface area contributed by atoms with E-state index in [-0.39, 0.29) is 22.7 Å². The van der Waals surface area contributed by atoms with Crippen molar-refractivity contribution >= 4 is 50.3 Å². The van der Waals surface area contributed by atoms with Crippen LogP contribution in [0.25, 0.3) is 10.9 Å². The molecule has 0 saturated carbocycles. The number of amides is 1. The van der Waals surface area contributed by atoms with Crippen molar-refractivity contribution in [2.45, 2.75) is 26.2 Å². The zero-order valence-electron chi connectivity index (χ0n) is 20.8. The van der Waals surface area contributed by atoms with Crippen LogP contribution in [-0.4, -0.2) is 33.3 Å². The molecule has 3 aromatic carbocycles. The van der Waals surface area contributed by atoms with Gasteiger partial charge in [0.25, 0.3) is 17.2 Å². The number of nitro benzene ring substituents is 1. The fourth-order valence-corrected chi connectivity index (χ4v) is 4.07. The first-order valence-corrected chi connectivity index (χ1v) is 12.8. The van der Waals surface area contributed by atoms with E-state index in [9.17, 15) is 24.1 Å². The third-order valence-corrected chi connectivity index (χ3v) is 6.15. The smallest absolute Gasteiger partial charge is 0.282 e. The van der Waals surface area contributed by atoms with E-state index in [0.29, 0.717) is 27.6 Å². The highest BCUT2D eigenvalue weighted by atomic mass is 79.9. The van der Waals surface area contributed by atoms with Crippen molar-refractivity contribution < 1.29 is 18.8 Å². The van der Waals surface area contributed by atoms with Crippen LogP contribution in [0.1, 0.15) is 31.2 Å². The molecule has 1 aromatic heterocycles. The van der Waals surface area contributed by atoms with Gasteiger partial charge in [-0.1, -0.05) is 41.4 Å².